The van der Waals surface area contributed by atoms with Gasteiger partial charge in [0.05, 0.1) is 5.02 Å². The van der Waals surface area contributed by atoms with Gasteiger partial charge >= 0.3 is 0 Å². The van der Waals surface area contributed by atoms with Gasteiger partial charge in [0.1, 0.15) is 21.8 Å². The minimum Gasteiger partial charge on any atom is -0.369 e. The largest absolute Gasteiger partial charge is 0.369 e. The molecule has 0 saturated heterocycles. The van der Waals surface area contributed by atoms with E-state index in [9.17, 15) is 22.0 Å². The predicted octanol–water partition coefficient (Wildman–Crippen LogP) is 2.78. The van der Waals surface area contributed by atoms with Crippen LogP contribution in [0.4, 0.5) is 8.78 Å². The second kappa shape index (κ2) is 6.96. The molecule has 0 unspecified atom stereocenters. The number of nitrogens with zero attached hydrogens (tertiary/aromatic N) is 3. The van der Waals surface area contributed by atoms with Gasteiger partial charge in [-0.05, 0) is 43.5 Å². The molecule has 2 aliphatic rings. The number of guanidine groups is 1. The summed E-state index contributed by atoms with van der Waals surface area (Å²) in [5, 5.41) is 0.0553. The molecule has 1 aliphatic carbocycles. The topological polar surface area (TPSA) is 106 Å². The molecule has 0 amide bonds. The van der Waals surface area contributed by atoms with E-state index >= 15 is 0 Å². The van der Waals surface area contributed by atoms with E-state index in [1.807, 2.05) is 0 Å². The molecule has 2 N–H and O–H groups in total. The Morgan fingerprint density at radius 2 is 1.94 bits per heavy atom. The van der Waals surface area contributed by atoms with Gasteiger partial charge in [0.25, 0.3) is 0 Å². The highest BCUT2D eigenvalue weighted by molar-refractivity contribution is 7.91. The standard InChI is InChI=1S/C20H19ClF2N4O3S/c1-19(20(5-6-20)31(29,30)27(2)18(24)26-19)13-7-11(3-4-14(13)22)8-16(28)17-15(23)9-12(21)10-25-17/h3-4,7,9-10H,5-6,8H2,1-2H3,(H2,24,26)/t19-/m1/s1. The summed E-state index contributed by atoms with van der Waals surface area (Å²) in [4.78, 5) is 20.6. The molecule has 0 radical (unpaired) electrons. The second-order valence-electron chi connectivity index (χ2n) is 7.91. The monoisotopic (exact) mass is 468 g/mol. The Bertz CT molecular complexity index is 1250. The second-order valence-corrected chi connectivity index (χ2v) is 10.6. The zero-order valence-corrected chi connectivity index (χ0v) is 18.3. The van der Waals surface area contributed by atoms with E-state index in [2.05, 4.69) is 9.98 Å². The van der Waals surface area contributed by atoms with Crippen molar-refractivity contribution in [1.29, 1.82) is 0 Å². The fourth-order valence-electron chi connectivity index (χ4n) is 4.15. The Labute approximate surface area is 183 Å². The number of aromatic nitrogens is 1. The SMILES string of the molecule is CN1C(N)=N[C@](C)(c2cc(CC(=O)c3ncc(Cl)cc3F)ccc2F)C2(CC2)S1(=O)=O. The zero-order chi connectivity index (χ0) is 22.8. The zero-order valence-electron chi connectivity index (χ0n) is 16.7. The number of nitrogens with two attached hydrogens (primary N) is 1. The van der Waals surface area contributed by atoms with Crippen LogP contribution in [0.15, 0.2) is 35.5 Å². The van der Waals surface area contributed by atoms with E-state index in [0.717, 1.165) is 22.6 Å². The van der Waals surface area contributed by atoms with Crippen LogP contribution in [0.5, 0.6) is 0 Å². The highest BCUT2D eigenvalue weighted by Crippen LogP contribution is 2.60. The maximum absolute atomic E-state index is 14.9. The molecule has 1 aliphatic heterocycles. The molecule has 1 aromatic carbocycles. The third kappa shape index (κ3) is 3.11. The van der Waals surface area contributed by atoms with Crippen molar-refractivity contribution in [3.63, 3.8) is 0 Å². The molecule has 1 aromatic heterocycles. The third-order valence-electron chi connectivity index (χ3n) is 6.10. The first-order valence-electron chi connectivity index (χ1n) is 9.40. The summed E-state index contributed by atoms with van der Waals surface area (Å²) in [6.45, 7) is 1.53. The molecule has 7 nitrogen and oxygen atoms in total. The van der Waals surface area contributed by atoms with Crippen molar-refractivity contribution in [3.8, 4) is 0 Å². The maximum atomic E-state index is 14.9. The van der Waals surface area contributed by atoms with Crippen molar-refractivity contribution < 1.29 is 22.0 Å². The lowest BCUT2D eigenvalue weighted by atomic mass is 9.85. The van der Waals surface area contributed by atoms with Crippen LogP contribution in [-0.2, 0) is 22.0 Å². The number of rotatable bonds is 4. The molecule has 164 valence electrons. The number of carbonyl (C=O) groups excluding carboxylic acids is 1. The van der Waals surface area contributed by atoms with E-state index in [4.69, 9.17) is 17.3 Å². The molecule has 1 fully saturated rings. The summed E-state index contributed by atoms with van der Waals surface area (Å²) in [6.07, 6.45) is 1.49. The van der Waals surface area contributed by atoms with Crippen LogP contribution in [0.25, 0.3) is 0 Å². The van der Waals surface area contributed by atoms with E-state index in [1.165, 1.54) is 26.1 Å². The maximum Gasteiger partial charge on any atom is 0.245 e. The number of hydrogen-bond acceptors (Lipinski definition) is 6. The van der Waals surface area contributed by atoms with Crippen molar-refractivity contribution in [1.82, 2.24) is 9.29 Å². The van der Waals surface area contributed by atoms with Crippen molar-refractivity contribution in [2.75, 3.05) is 7.05 Å². The Morgan fingerprint density at radius 1 is 1.26 bits per heavy atom. The molecule has 2 heterocycles. The van der Waals surface area contributed by atoms with Gasteiger partial charge in [0.15, 0.2) is 11.6 Å². The lowest BCUT2D eigenvalue weighted by Gasteiger charge is -2.42. The molecule has 1 saturated carbocycles. The summed E-state index contributed by atoms with van der Waals surface area (Å²) in [5.74, 6) is -2.40. The fourth-order valence-corrected chi connectivity index (χ4v) is 6.38. The van der Waals surface area contributed by atoms with Crippen molar-refractivity contribution in [2.45, 2.75) is 36.5 Å². The Hall–Kier alpha value is -2.59. The number of Topliss-reactive ketones (excluding diaryl/α,β-unsaturated/α-hetero) is 1. The molecule has 1 spiro atoms. The first kappa shape index (κ1) is 21.6. The molecule has 31 heavy (non-hydrogen) atoms. The number of hydrogen-bond donors (Lipinski definition) is 1. The summed E-state index contributed by atoms with van der Waals surface area (Å²) in [6, 6.07) is 4.89. The Kier molecular flexibility index (Phi) is 4.86. The first-order valence-corrected chi connectivity index (χ1v) is 11.2. The van der Waals surface area contributed by atoms with E-state index in [-0.39, 0.29) is 28.7 Å². The van der Waals surface area contributed by atoms with Gasteiger partial charge in [-0.3, -0.25) is 4.79 Å². The number of aliphatic imine (C=N–C) groups is 1. The average molecular weight is 469 g/mol. The summed E-state index contributed by atoms with van der Waals surface area (Å²) < 4.78 is 54.7. The van der Waals surface area contributed by atoms with Crippen LogP contribution in [0.1, 0.15) is 41.4 Å². The number of sulfonamides is 1. The smallest absolute Gasteiger partial charge is 0.245 e. The molecular weight excluding hydrogens is 450 g/mol. The average Bonchev–Trinajstić information content (AvgIpc) is 3.50. The first-order chi connectivity index (χ1) is 14.4. The number of ketones is 1. The third-order valence-corrected chi connectivity index (χ3v) is 9.01. The number of benzene rings is 1. The van der Waals surface area contributed by atoms with Gasteiger partial charge < -0.3 is 5.73 Å². The number of halogens is 3. The predicted molar refractivity (Wildman–Crippen MR) is 111 cm³/mol. The quantitative estimate of drug-likeness (QED) is 0.694. The molecule has 0 bridgehead atoms. The Morgan fingerprint density at radius 3 is 2.55 bits per heavy atom. The van der Waals surface area contributed by atoms with E-state index in [1.54, 1.807) is 0 Å². The van der Waals surface area contributed by atoms with Gasteiger partial charge in [-0.1, -0.05) is 17.7 Å². The highest BCUT2D eigenvalue weighted by atomic mass is 35.5. The number of pyridine rings is 1. The molecular formula is C20H19ClF2N4O3S. The minimum absolute atomic E-state index is 0.0134. The highest BCUT2D eigenvalue weighted by Gasteiger charge is 2.70. The summed E-state index contributed by atoms with van der Waals surface area (Å²) in [7, 11) is -2.55. The van der Waals surface area contributed by atoms with Gasteiger partial charge in [-0.2, -0.15) is 0 Å². The molecule has 4 rings (SSSR count). The summed E-state index contributed by atoms with van der Waals surface area (Å²) in [5.41, 5.74) is 4.36. The van der Waals surface area contributed by atoms with Crippen LogP contribution in [-0.4, -0.2) is 41.2 Å². The lowest BCUT2D eigenvalue weighted by molar-refractivity contribution is 0.0984. The van der Waals surface area contributed by atoms with Gasteiger partial charge in [-0.15, -0.1) is 0 Å². The van der Waals surface area contributed by atoms with E-state index in [0.29, 0.717) is 18.4 Å². The van der Waals surface area contributed by atoms with Gasteiger partial charge in [0, 0.05) is 25.2 Å². The summed E-state index contributed by atoms with van der Waals surface area (Å²) >= 11 is 5.67. The van der Waals surface area contributed by atoms with Crippen LogP contribution >= 0.6 is 11.6 Å². The molecule has 2 aromatic rings. The Balaban J connectivity index is 1.76. The molecule has 1 atom stereocenters. The van der Waals surface area contributed by atoms with Gasteiger partial charge in [-0.25, -0.2) is 31.5 Å². The minimum atomic E-state index is -3.87. The van der Waals surface area contributed by atoms with Crippen LogP contribution in [0.3, 0.4) is 0 Å². The van der Waals surface area contributed by atoms with Crippen LogP contribution < -0.4 is 5.73 Å². The number of carbonyl (C=O) groups is 1. The normalized spacial score (nSPS) is 23.5. The van der Waals surface area contributed by atoms with Crippen molar-refractivity contribution in [3.05, 3.63) is 63.9 Å². The lowest BCUT2D eigenvalue weighted by Crippen LogP contribution is -2.58. The molecule has 11 heteroatoms. The van der Waals surface area contributed by atoms with Crippen LogP contribution in [0.2, 0.25) is 5.02 Å². The van der Waals surface area contributed by atoms with Crippen molar-refractivity contribution >= 4 is 33.4 Å². The fraction of sp³-hybridized carbons (Fsp3) is 0.350. The van der Waals surface area contributed by atoms with E-state index < -0.39 is 37.7 Å². The van der Waals surface area contributed by atoms with Crippen molar-refractivity contribution in [2.24, 2.45) is 10.7 Å². The van der Waals surface area contributed by atoms with Gasteiger partial charge in [0.2, 0.25) is 16.0 Å². The van der Waals surface area contributed by atoms with Crippen LogP contribution in [0, 0.1) is 11.6 Å².